The summed E-state index contributed by atoms with van der Waals surface area (Å²) in [6.07, 6.45) is 1.14. The van der Waals surface area contributed by atoms with Gasteiger partial charge in [-0.3, -0.25) is 14.4 Å². The van der Waals surface area contributed by atoms with Gasteiger partial charge in [0.05, 0.1) is 26.4 Å². The van der Waals surface area contributed by atoms with Crippen LogP contribution in [-0.4, -0.2) is 85.7 Å². The van der Waals surface area contributed by atoms with Crippen molar-refractivity contribution in [2.75, 3.05) is 45.0 Å². The number of anilines is 2. The molecule has 3 aromatic carbocycles. The van der Waals surface area contributed by atoms with Crippen LogP contribution in [0.25, 0.3) is 11.1 Å². The maximum atomic E-state index is 14.2. The molecule has 8 atom stereocenters. The zero-order chi connectivity index (χ0) is 38.2. The number of nitrogens with one attached hydrogen (secondary N) is 2. The van der Waals surface area contributed by atoms with Crippen LogP contribution in [0.5, 0.6) is 5.75 Å². The first kappa shape index (κ1) is 38.6. The zero-order valence-electron chi connectivity index (χ0n) is 32.1. The van der Waals surface area contributed by atoms with Crippen molar-refractivity contribution in [2.24, 2.45) is 29.1 Å². The van der Waals surface area contributed by atoms with Gasteiger partial charge in [-0.15, -0.1) is 0 Å². The Morgan fingerprint density at radius 2 is 1.85 bits per heavy atom. The quantitative estimate of drug-likeness (QED) is 0.159. The van der Waals surface area contributed by atoms with E-state index in [0.717, 1.165) is 34.4 Å². The predicted molar refractivity (Wildman–Crippen MR) is 207 cm³/mol. The van der Waals surface area contributed by atoms with E-state index in [9.17, 15) is 19.8 Å². The second-order valence-corrected chi connectivity index (χ2v) is 16.1. The molecular formula is C42H57N5O6. The maximum absolute atomic E-state index is 14.2. The number of hydroxylamine groups is 2. The third-order valence-electron chi connectivity index (χ3n) is 12.4. The van der Waals surface area contributed by atoms with E-state index in [0.29, 0.717) is 47.7 Å². The summed E-state index contributed by atoms with van der Waals surface area (Å²) in [7, 11) is 5.46. The molecule has 3 saturated carbocycles. The Labute approximate surface area is 313 Å². The molecule has 11 heteroatoms. The van der Waals surface area contributed by atoms with Gasteiger partial charge in [-0.1, -0.05) is 51.1 Å². The van der Waals surface area contributed by atoms with Crippen LogP contribution in [0.15, 0.2) is 60.7 Å². The van der Waals surface area contributed by atoms with Crippen LogP contribution in [0, 0.1) is 29.1 Å². The van der Waals surface area contributed by atoms with Gasteiger partial charge in [0, 0.05) is 60.7 Å². The molecule has 6 N–H and O–H groups in total. The van der Waals surface area contributed by atoms with Gasteiger partial charge in [-0.2, -0.15) is 5.06 Å². The number of benzene rings is 3. The summed E-state index contributed by atoms with van der Waals surface area (Å²) in [5.41, 5.74) is 11.6. The molecule has 53 heavy (non-hydrogen) atoms. The highest BCUT2D eigenvalue weighted by atomic mass is 16.7. The van der Waals surface area contributed by atoms with Crippen LogP contribution in [0.1, 0.15) is 62.0 Å². The van der Waals surface area contributed by atoms with E-state index < -0.39 is 24.2 Å². The van der Waals surface area contributed by atoms with Gasteiger partial charge in [0.1, 0.15) is 17.9 Å². The first-order valence-electron chi connectivity index (χ1n) is 18.9. The summed E-state index contributed by atoms with van der Waals surface area (Å²) < 4.78 is 6.05. The fourth-order valence-corrected chi connectivity index (χ4v) is 9.09. The molecular weight excluding hydrogens is 670 g/mol. The Bertz CT molecular complexity index is 1780. The number of hydrogen-bond donors (Lipinski definition) is 5. The van der Waals surface area contributed by atoms with Crippen molar-refractivity contribution in [1.29, 1.82) is 0 Å². The number of amides is 2. The largest absolute Gasteiger partial charge is 0.496 e. The molecule has 1 heterocycles. The lowest BCUT2D eigenvalue weighted by atomic mass is 9.45. The minimum atomic E-state index is -0.901. The number of aliphatic hydroxyl groups excluding tert-OH is 2. The number of fused-ring (bicyclic) bond motifs is 2. The Morgan fingerprint density at radius 3 is 2.47 bits per heavy atom. The van der Waals surface area contributed by atoms with Crippen LogP contribution < -0.4 is 26.0 Å². The van der Waals surface area contributed by atoms with Gasteiger partial charge >= 0.3 is 0 Å². The number of carbonyl (C=O) groups excluding carboxylic acids is 2. The number of aliphatic hydroxyl groups is 2. The fraction of sp³-hybridized carbons (Fsp3) is 0.524. The van der Waals surface area contributed by atoms with Crippen LogP contribution in [0.2, 0.25) is 0 Å². The smallest absolute Gasteiger partial charge is 0.251 e. The van der Waals surface area contributed by atoms with Crippen molar-refractivity contribution in [1.82, 2.24) is 15.7 Å². The van der Waals surface area contributed by atoms with Gasteiger partial charge in [0.2, 0.25) is 5.91 Å². The number of para-hydroxylation sites is 1. The van der Waals surface area contributed by atoms with E-state index in [2.05, 4.69) is 31.4 Å². The highest BCUT2D eigenvalue weighted by Gasteiger charge is 2.57. The zero-order valence-corrected chi connectivity index (χ0v) is 32.1. The van der Waals surface area contributed by atoms with Crippen LogP contribution in [0.4, 0.5) is 11.4 Å². The van der Waals surface area contributed by atoms with Gasteiger partial charge in [0.25, 0.3) is 5.91 Å². The van der Waals surface area contributed by atoms with Gasteiger partial charge in [-0.05, 0) is 90.8 Å². The number of rotatable bonds is 13. The number of carbonyl (C=O) groups is 2. The minimum Gasteiger partial charge on any atom is -0.496 e. The van der Waals surface area contributed by atoms with Crippen molar-refractivity contribution in [2.45, 2.75) is 77.8 Å². The summed E-state index contributed by atoms with van der Waals surface area (Å²) in [6.45, 7) is 8.84. The molecule has 2 bridgehead atoms. The molecule has 2 amide bonds. The van der Waals surface area contributed by atoms with Crippen LogP contribution >= 0.6 is 0 Å². The molecule has 7 rings (SSSR count). The number of ether oxygens (including phenoxy) is 1. The minimum absolute atomic E-state index is 0.0369. The lowest BCUT2D eigenvalue weighted by Gasteiger charge is -2.62. The third-order valence-corrected chi connectivity index (χ3v) is 12.4. The topological polar surface area (TPSA) is 150 Å². The monoisotopic (exact) mass is 727 g/mol. The van der Waals surface area contributed by atoms with Crippen molar-refractivity contribution in [3.05, 3.63) is 77.4 Å². The number of methoxy groups -OCH3 is 1. The molecule has 1 aliphatic heterocycles. The first-order valence-corrected chi connectivity index (χ1v) is 18.9. The number of nitrogens with zero attached hydrogens (tertiary/aromatic N) is 2. The summed E-state index contributed by atoms with van der Waals surface area (Å²) in [6, 6.07) is 18.3. The number of nitrogens with two attached hydrogens (primary N) is 1. The average molecular weight is 728 g/mol. The Kier molecular flexibility index (Phi) is 11.4. The lowest BCUT2D eigenvalue weighted by Crippen LogP contribution is -2.62. The standard InChI is InChI=1S/C42H57N5O6/c1-24-34-20-30(42(34,3)4)21-35(24)45-41(51)38-37(25(2)49)36(23-48)53-47(38)22-27-9-8-10-33(39(27)52-7)28-17-29(19-32(18-28)46(5)6)40(50)44-16-15-26-11-13-31(43)14-12-26/h8-14,17-19,24-25,30,34-38,48-49H,15-16,20-23,43H2,1-7H3,(H,44,50)(H,45,51)/t24-,25-,30+,34-,35-,36-,37+,38-/m0/s1. The summed E-state index contributed by atoms with van der Waals surface area (Å²) in [4.78, 5) is 35.9. The molecule has 11 nitrogen and oxygen atoms in total. The molecule has 0 spiro atoms. The van der Waals surface area contributed by atoms with Crippen LogP contribution in [0.3, 0.4) is 0 Å². The summed E-state index contributed by atoms with van der Waals surface area (Å²) in [5.74, 6) is 0.998. The Hall–Kier alpha value is -4.16. The predicted octanol–water partition coefficient (Wildman–Crippen LogP) is 4.64. The lowest BCUT2D eigenvalue weighted by molar-refractivity contribution is -0.183. The molecule has 0 aromatic heterocycles. The molecule has 0 unspecified atom stereocenters. The SMILES string of the molecule is COc1c(CN2O[C@@H](CO)[C@@H]([C@H](C)O)[C@H]2C(=O)N[C@H]2C[C@H]3C[C@@H]([C@@H]2C)C3(C)C)cccc1-c1cc(C(=O)NCCc2ccc(N)cc2)cc(N(C)C)c1. The van der Waals surface area contributed by atoms with Gasteiger partial charge in [-0.25, -0.2) is 0 Å². The van der Waals surface area contributed by atoms with E-state index in [1.165, 1.54) is 6.42 Å². The van der Waals surface area contributed by atoms with Crippen molar-refractivity contribution in [3.63, 3.8) is 0 Å². The van der Waals surface area contributed by atoms with E-state index >= 15 is 0 Å². The number of nitrogen functional groups attached to an aromatic ring is 1. The molecule has 1 saturated heterocycles. The fourth-order valence-electron chi connectivity index (χ4n) is 9.09. The second-order valence-electron chi connectivity index (χ2n) is 16.1. The van der Waals surface area contributed by atoms with Crippen molar-refractivity contribution >= 4 is 23.2 Å². The molecule has 3 aromatic rings. The first-order chi connectivity index (χ1) is 25.2. The number of hydrogen-bond acceptors (Lipinski definition) is 9. The van der Waals surface area contributed by atoms with Gasteiger partial charge < -0.3 is 36.2 Å². The molecule has 3 aliphatic carbocycles. The Balaban J connectivity index is 1.25. The van der Waals surface area contributed by atoms with E-state index in [1.54, 1.807) is 19.1 Å². The van der Waals surface area contributed by atoms with Gasteiger partial charge in [0.15, 0.2) is 0 Å². The normalized spacial score (nSPS) is 26.7. The molecule has 286 valence electrons. The van der Waals surface area contributed by atoms with Crippen LogP contribution in [-0.2, 0) is 22.6 Å². The molecule has 4 fully saturated rings. The second kappa shape index (κ2) is 15.7. The van der Waals surface area contributed by atoms with Crippen molar-refractivity contribution in [3.8, 4) is 16.9 Å². The van der Waals surface area contributed by atoms with E-state index in [1.807, 2.05) is 79.7 Å². The summed E-state index contributed by atoms with van der Waals surface area (Å²) >= 11 is 0. The van der Waals surface area contributed by atoms with E-state index in [4.69, 9.17) is 15.3 Å². The third kappa shape index (κ3) is 7.76. The maximum Gasteiger partial charge on any atom is 0.251 e. The average Bonchev–Trinajstić information content (AvgIpc) is 3.51. The Morgan fingerprint density at radius 1 is 1.11 bits per heavy atom. The highest BCUT2D eigenvalue weighted by molar-refractivity contribution is 5.97. The summed E-state index contributed by atoms with van der Waals surface area (Å²) in [5, 5.41) is 29.3. The van der Waals surface area contributed by atoms with Crippen molar-refractivity contribution < 1.29 is 29.4 Å². The molecule has 0 radical (unpaired) electrons. The van der Waals surface area contributed by atoms with E-state index in [-0.39, 0.29) is 36.4 Å². The highest BCUT2D eigenvalue weighted by Crippen LogP contribution is 2.61. The molecule has 4 aliphatic rings.